The van der Waals surface area contributed by atoms with Crippen molar-refractivity contribution in [3.05, 3.63) is 16.6 Å². The average Bonchev–Trinajstić information content (AvgIpc) is 2.85. The highest BCUT2D eigenvalue weighted by molar-refractivity contribution is 9.10. The minimum atomic E-state index is -2.56. The van der Waals surface area contributed by atoms with Crippen molar-refractivity contribution in [3.63, 3.8) is 0 Å². The van der Waals surface area contributed by atoms with Gasteiger partial charge in [-0.3, -0.25) is 0 Å². The first-order valence-corrected chi connectivity index (χ1v) is 5.53. The molecule has 0 bridgehead atoms. The second kappa shape index (κ2) is 4.16. The summed E-state index contributed by atoms with van der Waals surface area (Å²) in [5.41, 5.74) is 0. The maximum Gasteiger partial charge on any atom is 0.255 e. The number of nitrogens with zero attached hydrogens (tertiary/aromatic N) is 1. The van der Waals surface area contributed by atoms with Crippen LogP contribution in [0, 0.1) is 5.92 Å². The van der Waals surface area contributed by atoms with Gasteiger partial charge in [-0.2, -0.15) is 4.98 Å². The molecule has 2 rings (SSSR count). The Morgan fingerprint density at radius 1 is 1.56 bits per heavy atom. The number of hydrogen-bond donors (Lipinski definition) is 0. The standard InChI is InChI=1S/C10H10BrF2NO2/c1-15-9-7(11)2-3-8(14-9)16-5-6-4-10(6,12)13/h2-3,6H,4-5H2,1H3/t6-/m0/s1. The zero-order chi connectivity index (χ0) is 11.8. The van der Waals surface area contributed by atoms with E-state index in [1.54, 1.807) is 12.1 Å². The Balaban J connectivity index is 1.95. The lowest BCUT2D eigenvalue weighted by Gasteiger charge is -2.07. The van der Waals surface area contributed by atoms with Crippen LogP contribution < -0.4 is 9.47 Å². The van der Waals surface area contributed by atoms with E-state index in [0.29, 0.717) is 16.2 Å². The number of rotatable bonds is 4. The van der Waals surface area contributed by atoms with Crippen molar-refractivity contribution >= 4 is 15.9 Å². The predicted molar refractivity (Wildman–Crippen MR) is 57.0 cm³/mol. The molecule has 1 saturated carbocycles. The zero-order valence-electron chi connectivity index (χ0n) is 8.54. The lowest BCUT2D eigenvalue weighted by atomic mass is 10.4. The summed E-state index contributed by atoms with van der Waals surface area (Å²) >= 11 is 3.24. The molecule has 16 heavy (non-hydrogen) atoms. The van der Waals surface area contributed by atoms with Gasteiger partial charge >= 0.3 is 0 Å². The van der Waals surface area contributed by atoms with E-state index in [1.165, 1.54) is 7.11 Å². The summed E-state index contributed by atoms with van der Waals surface area (Å²) in [6.45, 7) is -0.00914. The van der Waals surface area contributed by atoms with Crippen LogP contribution in [0.5, 0.6) is 11.8 Å². The molecule has 1 heterocycles. The smallest absolute Gasteiger partial charge is 0.255 e. The molecule has 0 spiro atoms. The summed E-state index contributed by atoms with van der Waals surface area (Å²) < 4.78 is 36.0. The zero-order valence-corrected chi connectivity index (χ0v) is 10.1. The summed E-state index contributed by atoms with van der Waals surface area (Å²) in [4.78, 5) is 4.00. The van der Waals surface area contributed by atoms with E-state index >= 15 is 0 Å². The molecule has 1 aliphatic rings. The molecule has 0 amide bonds. The quantitative estimate of drug-likeness (QED) is 0.855. The Hall–Kier alpha value is -0.910. The lowest BCUT2D eigenvalue weighted by molar-refractivity contribution is 0.0849. The predicted octanol–water partition coefficient (Wildman–Crippen LogP) is 2.89. The first kappa shape index (κ1) is 11.6. The van der Waals surface area contributed by atoms with Crippen LogP contribution in [-0.2, 0) is 0 Å². The first-order valence-electron chi connectivity index (χ1n) is 4.74. The van der Waals surface area contributed by atoms with Gasteiger partial charge in [-0.1, -0.05) is 0 Å². The summed E-state index contributed by atoms with van der Waals surface area (Å²) in [6.07, 6.45) is -0.0966. The summed E-state index contributed by atoms with van der Waals surface area (Å²) in [7, 11) is 1.48. The van der Waals surface area contributed by atoms with Gasteiger partial charge < -0.3 is 9.47 Å². The molecular weight excluding hydrogens is 284 g/mol. The van der Waals surface area contributed by atoms with E-state index in [9.17, 15) is 8.78 Å². The van der Waals surface area contributed by atoms with Crippen molar-refractivity contribution in [2.75, 3.05) is 13.7 Å². The number of aromatic nitrogens is 1. The van der Waals surface area contributed by atoms with Crippen LogP contribution in [0.25, 0.3) is 0 Å². The molecule has 1 aromatic rings. The Bertz CT molecular complexity index is 400. The van der Waals surface area contributed by atoms with Crippen LogP contribution in [0.1, 0.15) is 6.42 Å². The Labute approximate surface area is 99.9 Å². The third-order valence-electron chi connectivity index (χ3n) is 2.37. The van der Waals surface area contributed by atoms with Crippen LogP contribution in [0.4, 0.5) is 8.78 Å². The maximum absolute atomic E-state index is 12.6. The number of halogens is 3. The Kier molecular flexibility index (Phi) is 3.01. The van der Waals surface area contributed by atoms with Crippen molar-refractivity contribution in [1.82, 2.24) is 4.98 Å². The van der Waals surface area contributed by atoms with Gasteiger partial charge in [0.05, 0.1) is 24.1 Å². The molecule has 0 aliphatic heterocycles. The van der Waals surface area contributed by atoms with Gasteiger partial charge in [-0.25, -0.2) is 8.78 Å². The molecule has 88 valence electrons. The Morgan fingerprint density at radius 2 is 2.25 bits per heavy atom. The summed E-state index contributed by atoms with van der Waals surface area (Å²) in [5, 5.41) is 0. The second-order valence-corrected chi connectivity index (χ2v) is 4.47. The third kappa shape index (κ3) is 2.42. The van der Waals surface area contributed by atoms with Gasteiger partial charge in [-0.05, 0) is 22.0 Å². The van der Waals surface area contributed by atoms with Crippen LogP contribution in [0.3, 0.4) is 0 Å². The van der Waals surface area contributed by atoms with Crippen molar-refractivity contribution in [2.24, 2.45) is 5.92 Å². The first-order chi connectivity index (χ1) is 7.53. The monoisotopic (exact) mass is 293 g/mol. The van der Waals surface area contributed by atoms with E-state index in [0.717, 1.165) is 0 Å². The topological polar surface area (TPSA) is 31.4 Å². The number of ether oxygens (including phenoxy) is 2. The molecule has 6 heteroatoms. The highest BCUT2D eigenvalue weighted by atomic mass is 79.9. The molecule has 0 unspecified atom stereocenters. The summed E-state index contributed by atoms with van der Waals surface area (Å²) in [5.74, 6) is -2.56. The molecule has 0 N–H and O–H groups in total. The fourth-order valence-electron chi connectivity index (χ4n) is 1.27. The molecule has 1 aliphatic carbocycles. The van der Waals surface area contributed by atoms with Gasteiger partial charge in [-0.15, -0.1) is 0 Å². The van der Waals surface area contributed by atoms with E-state index in [4.69, 9.17) is 9.47 Å². The summed E-state index contributed by atoms with van der Waals surface area (Å²) in [6, 6.07) is 3.30. The van der Waals surface area contributed by atoms with Gasteiger partial charge in [0.1, 0.15) is 0 Å². The van der Waals surface area contributed by atoms with Crippen molar-refractivity contribution in [1.29, 1.82) is 0 Å². The lowest BCUT2D eigenvalue weighted by Crippen LogP contribution is -2.06. The number of methoxy groups -OCH3 is 1. The van der Waals surface area contributed by atoms with Crippen LogP contribution in [-0.4, -0.2) is 24.6 Å². The molecule has 1 atom stereocenters. The van der Waals surface area contributed by atoms with Crippen molar-refractivity contribution in [2.45, 2.75) is 12.3 Å². The van der Waals surface area contributed by atoms with Crippen LogP contribution in [0.15, 0.2) is 16.6 Å². The molecule has 1 fully saturated rings. The highest BCUT2D eigenvalue weighted by Crippen LogP contribution is 2.48. The highest BCUT2D eigenvalue weighted by Gasteiger charge is 2.57. The maximum atomic E-state index is 12.6. The van der Waals surface area contributed by atoms with E-state index in [1.807, 2.05) is 0 Å². The minimum Gasteiger partial charge on any atom is -0.480 e. The molecule has 0 radical (unpaired) electrons. The molecule has 0 saturated heterocycles. The van der Waals surface area contributed by atoms with Gasteiger partial charge in [0.25, 0.3) is 5.92 Å². The average molecular weight is 294 g/mol. The van der Waals surface area contributed by atoms with Gasteiger partial charge in [0, 0.05) is 12.5 Å². The van der Waals surface area contributed by atoms with E-state index in [2.05, 4.69) is 20.9 Å². The fourth-order valence-corrected chi connectivity index (χ4v) is 1.65. The van der Waals surface area contributed by atoms with E-state index < -0.39 is 11.8 Å². The number of alkyl halides is 2. The van der Waals surface area contributed by atoms with Crippen LogP contribution >= 0.6 is 15.9 Å². The van der Waals surface area contributed by atoms with Crippen molar-refractivity contribution in [3.8, 4) is 11.8 Å². The van der Waals surface area contributed by atoms with Gasteiger partial charge in [0.15, 0.2) is 0 Å². The number of hydrogen-bond acceptors (Lipinski definition) is 3. The third-order valence-corrected chi connectivity index (χ3v) is 2.97. The van der Waals surface area contributed by atoms with Crippen molar-refractivity contribution < 1.29 is 18.3 Å². The molecule has 1 aromatic heterocycles. The normalized spacial score (nSPS) is 21.6. The molecule has 3 nitrogen and oxygen atoms in total. The second-order valence-electron chi connectivity index (χ2n) is 3.61. The Morgan fingerprint density at radius 3 is 2.81 bits per heavy atom. The van der Waals surface area contributed by atoms with Gasteiger partial charge in [0.2, 0.25) is 11.8 Å². The fraction of sp³-hybridized carbons (Fsp3) is 0.500. The molecular formula is C10H10BrF2NO2. The van der Waals surface area contributed by atoms with E-state index in [-0.39, 0.29) is 13.0 Å². The largest absolute Gasteiger partial charge is 0.480 e. The molecule has 0 aromatic carbocycles. The SMILES string of the molecule is COc1nc(OC[C@@H]2CC2(F)F)ccc1Br. The van der Waals surface area contributed by atoms with Crippen LogP contribution in [0.2, 0.25) is 0 Å². The minimum absolute atomic E-state index is 0.00914. The number of pyridine rings is 1.